The molecule has 9 heteroatoms. The Morgan fingerprint density at radius 3 is 2.29 bits per heavy atom. The van der Waals surface area contributed by atoms with E-state index in [4.69, 9.17) is 9.47 Å². The molecule has 2 aromatic carbocycles. The number of carbonyl (C=O) groups excluding carboxylic acids is 1. The van der Waals surface area contributed by atoms with Crippen molar-refractivity contribution in [1.82, 2.24) is 9.62 Å². The van der Waals surface area contributed by atoms with Gasteiger partial charge < -0.3 is 20.1 Å². The van der Waals surface area contributed by atoms with Gasteiger partial charge >= 0.3 is 0 Å². The van der Waals surface area contributed by atoms with Crippen molar-refractivity contribution in [2.75, 3.05) is 32.6 Å². The lowest BCUT2D eigenvalue weighted by atomic mass is 10.0. The van der Waals surface area contributed by atoms with E-state index in [-0.39, 0.29) is 10.8 Å². The van der Waals surface area contributed by atoms with Crippen LogP contribution in [0, 0.1) is 5.92 Å². The fourth-order valence-corrected chi connectivity index (χ4v) is 5.78. The van der Waals surface area contributed by atoms with Gasteiger partial charge in [-0.3, -0.25) is 4.79 Å². The van der Waals surface area contributed by atoms with Crippen LogP contribution in [0.1, 0.15) is 52.1 Å². The minimum atomic E-state index is -3.55. The summed E-state index contributed by atoms with van der Waals surface area (Å²) in [6, 6.07) is 11.1. The lowest BCUT2D eigenvalue weighted by Gasteiger charge is -2.30. The molecule has 192 valence electrons. The molecule has 0 spiro atoms. The van der Waals surface area contributed by atoms with Gasteiger partial charge in [-0.2, -0.15) is 4.31 Å². The van der Waals surface area contributed by atoms with Crippen LogP contribution >= 0.6 is 0 Å². The molecule has 3 rings (SSSR count). The van der Waals surface area contributed by atoms with Gasteiger partial charge in [-0.15, -0.1) is 0 Å². The second-order valence-corrected chi connectivity index (χ2v) is 12.0. The van der Waals surface area contributed by atoms with E-state index < -0.39 is 21.6 Å². The van der Waals surface area contributed by atoms with Gasteiger partial charge in [0.05, 0.1) is 19.1 Å². The molecule has 0 saturated carbocycles. The van der Waals surface area contributed by atoms with E-state index in [2.05, 4.69) is 17.6 Å². The number of hydrogen-bond acceptors (Lipinski definition) is 6. The van der Waals surface area contributed by atoms with Crippen LogP contribution < -0.4 is 20.1 Å². The summed E-state index contributed by atoms with van der Waals surface area (Å²) in [6.07, 6.45) is 1.92. The van der Waals surface area contributed by atoms with E-state index in [1.54, 1.807) is 61.0 Å². The molecule has 2 aromatic rings. The number of ether oxygens (including phenoxy) is 2. The van der Waals surface area contributed by atoms with Crippen molar-refractivity contribution in [3.63, 3.8) is 0 Å². The van der Waals surface area contributed by atoms with Crippen LogP contribution in [-0.4, -0.2) is 51.5 Å². The third-order valence-corrected chi connectivity index (χ3v) is 7.80. The standard InChI is InChI=1S/C26H37N3O5S/c1-18-8-7-15-29(17-18)35(31,32)21-12-10-20(11-13-21)27-24(25(30)28-26(2,3)4)19-9-14-22(33-5)23(16-19)34-6/h9-14,16,18,24,27H,7-8,15,17H2,1-6H3,(H,28,30)/t18-,24+/m1/s1. The maximum atomic E-state index is 13.2. The van der Waals surface area contributed by atoms with Crippen molar-refractivity contribution in [2.45, 2.75) is 57.0 Å². The first-order chi connectivity index (χ1) is 16.4. The van der Waals surface area contributed by atoms with Gasteiger partial charge in [-0.25, -0.2) is 8.42 Å². The summed E-state index contributed by atoms with van der Waals surface area (Å²) in [5.74, 6) is 1.21. The van der Waals surface area contributed by atoms with Crippen molar-refractivity contribution in [1.29, 1.82) is 0 Å². The summed E-state index contributed by atoms with van der Waals surface area (Å²) in [5.41, 5.74) is 0.875. The molecule has 1 amide bonds. The zero-order valence-corrected chi connectivity index (χ0v) is 22.2. The molecular formula is C26H37N3O5S. The van der Waals surface area contributed by atoms with E-state index in [1.807, 2.05) is 20.8 Å². The lowest BCUT2D eigenvalue weighted by Crippen LogP contribution is -2.44. The number of sulfonamides is 1. The van der Waals surface area contributed by atoms with E-state index >= 15 is 0 Å². The molecule has 1 aliphatic heterocycles. The summed E-state index contributed by atoms with van der Waals surface area (Å²) in [5, 5.41) is 6.27. The van der Waals surface area contributed by atoms with Crippen LogP contribution in [0.5, 0.6) is 11.5 Å². The Morgan fingerprint density at radius 2 is 1.71 bits per heavy atom. The Hall–Kier alpha value is -2.78. The summed E-state index contributed by atoms with van der Waals surface area (Å²) >= 11 is 0. The highest BCUT2D eigenvalue weighted by atomic mass is 32.2. The first-order valence-corrected chi connectivity index (χ1v) is 13.3. The summed E-state index contributed by atoms with van der Waals surface area (Å²) in [7, 11) is -0.455. The van der Waals surface area contributed by atoms with Crippen LogP contribution in [0.15, 0.2) is 47.4 Å². The number of nitrogens with one attached hydrogen (secondary N) is 2. The van der Waals surface area contributed by atoms with E-state index in [0.29, 0.717) is 41.8 Å². The highest BCUT2D eigenvalue weighted by Gasteiger charge is 2.29. The number of anilines is 1. The quantitative estimate of drug-likeness (QED) is 0.561. The van der Waals surface area contributed by atoms with Crippen LogP contribution in [0.3, 0.4) is 0 Å². The number of nitrogens with zero attached hydrogens (tertiary/aromatic N) is 1. The van der Waals surface area contributed by atoms with Crippen molar-refractivity contribution < 1.29 is 22.7 Å². The van der Waals surface area contributed by atoms with Gasteiger partial charge in [0.1, 0.15) is 6.04 Å². The summed E-state index contributed by atoms with van der Waals surface area (Å²) in [6.45, 7) is 8.90. The molecule has 0 bridgehead atoms. The Morgan fingerprint density at radius 1 is 1.06 bits per heavy atom. The minimum Gasteiger partial charge on any atom is -0.493 e. The third kappa shape index (κ3) is 6.67. The van der Waals surface area contributed by atoms with Gasteiger partial charge in [0.25, 0.3) is 0 Å². The van der Waals surface area contributed by atoms with Crippen LogP contribution in [0.2, 0.25) is 0 Å². The number of methoxy groups -OCH3 is 2. The maximum absolute atomic E-state index is 13.2. The number of piperidine rings is 1. The number of benzene rings is 2. The Kier molecular flexibility index (Phi) is 8.33. The molecule has 0 aliphatic carbocycles. The summed E-state index contributed by atoms with van der Waals surface area (Å²) < 4.78 is 38.5. The number of amides is 1. The molecule has 35 heavy (non-hydrogen) atoms. The summed E-state index contributed by atoms with van der Waals surface area (Å²) in [4.78, 5) is 13.5. The molecule has 1 fully saturated rings. The smallest absolute Gasteiger partial charge is 0.247 e. The molecule has 8 nitrogen and oxygen atoms in total. The van der Waals surface area contributed by atoms with E-state index in [1.165, 1.54) is 0 Å². The topological polar surface area (TPSA) is 97.0 Å². The van der Waals surface area contributed by atoms with Crippen LogP contribution in [-0.2, 0) is 14.8 Å². The Bertz CT molecular complexity index is 1130. The lowest BCUT2D eigenvalue weighted by molar-refractivity contribution is -0.123. The van der Waals surface area contributed by atoms with Crippen molar-refractivity contribution in [3.05, 3.63) is 48.0 Å². The molecule has 1 heterocycles. The first kappa shape index (κ1) is 26.8. The van der Waals surface area contributed by atoms with Crippen molar-refractivity contribution >= 4 is 21.6 Å². The largest absolute Gasteiger partial charge is 0.493 e. The number of rotatable bonds is 8. The van der Waals surface area contributed by atoms with Crippen molar-refractivity contribution in [3.8, 4) is 11.5 Å². The average molecular weight is 504 g/mol. The fourth-order valence-electron chi connectivity index (χ4n) is 4.18. The monoisotopic (exact) mass is 503 g/mol. The minimum absolute atomic E-state index is 0.219. The molecular weight excluding hydrogens is 466 g/mol. The van der Waals surface area contributed by atoms with Crippen LogP contribution in [0.25, 0.3) is 0 Å². The van der Waals surface area contributed by atoms with Gasteiger partial charge in [-0.05, 0) is 81.5 Å². The predicted octanol–water partition coefficient (Wildman–Crippen LogP) is 4.19. The van der Waals surface area contributed by atoms with E-state index in [9.17, 15) is 13.2 Å². The first-order valence-electron chi connectivity index (χ1n) is 11.9. The fraction of sp³-hybridized carbons (Fsp3) is 0.500. The van der Waals surface area contributed by atoms with Gasteiger partial charge in [0.15, 0.2) is 11.5 Å². The molecule has 1 saturated heterocycles. The Balaban J connectivity index is 1.88. The molecule has 0 radical (unpaired) electrons. The third-order valence-electron chi connectivity index (χ3n) is 5.92. The predicted molar refractivity (Wildman–Crippen MR) is 137 cm³/mol. The normalized spacial score (nSPS) is 17.9. The number of hydrogen-bond donors (Lipinski definition) is 2. The average Bonchev–Trinajstić information content (AvgIpc) is 2.81. The highest BCUT2D eigenvalue weighted by molar-refractivity contribution is 7.89. The molecule has 0 aromatic heterocycles. The zero-order chi connectivity index (χ0) is 25.8. The number of carbonyl (C=O) groups is 1. The van der Waals surface area contributed by atoms with Crippen molar-refractivity contribution in [2.24, 2.45) is 5.92 Å². The zero-order valence-electron chi connectivity index (χ0n) is 21.4. The highest BCUT2D eigenvalue weighted by Crippen LogP contribution is 2.32. The van der Waals surface area contributed by atoms with Gasteiger partial charge in [-0.1, -0.05) is 13.0 Å². The second-order valence-electron chi connectivity index (χ2n) is 10.1. The Labute approximate surface area is 209 Å². The second kappa shape index (κ2) is 10.9. The molecule has 2 N–H and O–H groups in total. The van der Waals surface area contributed by atoms with Gasteiger partial charge in [0.2, 0.25) is 15.9 Å². The van der Waals surface area contributed by atoms with E-state index in [0.717, 1.165) is 12.8 Å². The van der Waals surface area contributed by atoms with Crippen LogP contribution in [0.4, 0.5) is 5.69 Å². The molecule has 0 unspecified atom stereocenters. The molecule has 2 atom stereocenters. The maximum Gasteiger partial charge on any atom is 0.247 e. The SMILES string of the molecule is COc1ccc([C@H](Nc2ccc(S(=O)(=O)N3CCC[C@@H](C)C3)cc2)C(=O)NC(C)(C)C)cc1OC. The molecule has 1 aliphatic rings. The van der Waals surface area contributed by atoms with Gasteiger partial charge in [0, 0.05) is 24.3 Å².